The van der Waals surface area contributed by atoms with Crippen molar-refractivity contribution in [1.82, 2.24) is 10.3 Å². The van der Waals surface area contributed by atoms with E-state index in [0.29, 0.717) is 24.3 Å². The molecule has 0 aliphatic heterocycles. The Morgan fingerprint density at radius 3 is 2.60 bits per heavy atom. The monoisotopic (exact) mass is 334 g/mol. The zero-order valence-electron chi connectivity index (χ0n) is 14.6. The molecule has 2 aliphatic carbocycles. The third-order valence-electron chi connectivity index (χ3n) is 6.06. The van der Waals surface area contributed by atoms with Crippen molar-refractivity contribution in [3.8, 4) is 0 Å². The average Bonchev–Trinajstić information content (AvgIpc) is 2.66. The van der Waals surface area contributed by atoms with E-state index >= 15 is 0 Å². The van der Waals surface area contributed by atoms with Crippen LogP contribution in [0.4, 0.5) is 0 Å². The van der Waals surface area contributed by atoms with Crippen molar-refractivity contribution < 1.29 is 4.79 Å². The molecule has 1 amide bonds. The molecule has 0 spiro atoms. The van der Waals surface area contributed by atoms with Gasteiger partial charge in [-0.2, -0.15) is 0 Å². The first kappa shape index (κ1) is 16.3. The van der Waals surface area contributed by atoms with Crippen LogP contribution in [0.1, 0.15) is 49.1 Å². The summed E-state index contributed by atoms with van der Waals surface area (Å²) in [6, 6.07) is 15.0. The van der Waals surface area contributed by atoms with E-state index in [0.717, 1.165) is 17.9 Å². The summed E-state index contributed by atoms with van der Waals surface area (Å²) in [6.07, 6.45) is 10.1. The van der Waals surface area contributed by atoms with Crippen LogP contribution in [-0.2, 0) is 11.2 Å². The normalized spacial score (nSPS) is 27.8. The Morgan fingerprint density at radius 1 is 1.04 bits per heavy atom. The largest absolute Gasteiger partial charge is 0.352 e. The predicted molar refractivity (Wildman–Crippen MR) is 99.1 cm³/mol. The Morgan fingerprint density at radius 2 is 1.84 bits per heavy atom. The standard InChI is InChI=1S/C22H26N2O/c25-20(13-12-16-7-6-14-23-15-16)24-22-19-11-5-4-10-18(19)21(22)17-8-2-1-3-9-17/h1-3,6-9,14-15,18-19,21-22H,4-5,10-13H2,(H,24,25)/t18-,19+,21-,22-/m0/s1. The first-order valence-electron chi connectivity index (χ1n) is 9.56. The number of hydrogen-bond donors (Lipinski definition) is 1. The minimum Gasteiger partial charge on any atom is -0.352 e. The number of carbonyl (C=O) groups is 1. The molecule has 0 radical (unpaired) electrons. The van der Waals surface area contributed by atoms with Gasteiger partial charge in [0.05, 0.1) is 0 Å². The Balaban J connectivity index is 1.41. The first-order valence-corrected chi connectivity index (χ1v) is 9.56. The average molecular weight is 334 g/mol. The van der Waals surface area contributed by atoms with Crippen molar-refractivity contribution in [2.75, 3.05) is 0 Å². The van der Waals surface area contributed by atoms with Crippen LogP contribution in [0, 0.1) is 11.8 Å². The van der Waals surface area contributed by atoms with Gasteiger partial charge in [0, 0.05) is 30.8 Å². The van der Waals surface area contributed by atoms with Crippen LogP contribution < -0.4 is 5.32 Å². The molecule has 3 nitrogen and oxygen atoms in total. The van der Waals surface area contributed by atoms with Crippen LogP contribution in [0.2, 0.25) is 0 Å². The summed E-state index contributed by atoms with van der Waals surface area (Å²) in [5.41, 5.74) is 2.52. The molecule has 0 saturated heterocycles. The number of nitrogens with one attached hydrogen (secondary N) is 1. The molecule has 2 fully saturated rings. The van der Waals surface area contributed by atoms with E-state index < -0.39 is 0 Å². The number of fused-ring (bicyclic) bond motifs is 1. The van der Waals surface area contributed by atoms with Gasteiger partial charge in [0.2, 0.25) is 5.91 Å². The third-order valence-corrected chi connectivity index (χ3v) is 6.06. The van der Waals surface area contributed by atoms with Gasteiger partial charge >= 0.3 is 0 Å². The maximum Gasteiger partial charge on any atom is 0.220 e. The molecule has 1 heterocycles. The molecule has 3 heteroatoms. The van der Waals surface area contributed by atoms with E-state index in [-0.39, 0.29) is 5.91 Å². The quantitative estimate of drug-likeness (QED) is 0.894. The SMILES string of the molecule is O=C(CCc1cccnc1)N[C@H]1[C@@H]2CCCC[C@@H]2[C@@H]1c1ccccc1. The molecule has 130 valence electrons. The second-order valence-corrected chi connectivity index (χ2v) is 7.50. The number of carbonyl (C=O) groups excluding carboxylic acids is 1. The fourth-order valence-corrected chi connectivity index (χ4v) is 4.86. The van der Waals surface area contributed by atoms with Gasteiger partial charge in [0.15, 0.2) is 0 Å². The molecule has 2 aromatic rings. The lowest BCUT2D eigenvalue weighted by molar-refractivity contribution is -0.124. The van der Waals surface area contributed by atoms with E-state index in [2.05, 4.69) is 40.6 Å². The van der Waals surface area contributed by atoms with Gasteiger partial charge in [0.25, 0.3) is 0 Å². The molecule has 0 bridgehead atoms. The van der Waals surface area contributed by atoms with Gasteiger partial charge in [-0.25, -0.2) is 0 Å². The highest BCUT2D eigenvalue weighted by molar-refractivity contribution is 5.77. The summed E-state index contributed by atoms with van der Waals surface area (Å²) < 4.78 is 0. The zero-order chi connectivity index (χ0) is 17.1. The number of aromatic nitrogens is 1. The molecule has 1 aromatic carbocycles. The van der Waals surface area contributed by atoms with E-state index in [1.54, 1.807) is 6.20 Å². The number of nitrogens with zero attached hydrogens (tertiary/aromatic N) is 1. The lowest BCUT2D eigenvalue weighted by Gasteiger charge is -2.55. The summed E-state index contributed by atoms with van der Waals surface area (Å²) >= 11 is 0. The molecule has 1 aromatic heterocycles. The van der Waals surface area contributed by atoms with Gasteiger partial charge in [-0.3, -0.25) is 9.78 Å². The van der Waals surface area contributed by atoms with Crippen molar-refractivity contribution in [3.63, 3.8) is 0 Å². The Kier molecular flexibility index (Phi) is 4.82. The molecule has 2 aliphatic rings. The van der Waals surface area contributed by atoms with Crippen LogP contribution in [0.25, 0.3) is 0 Å². The Hall–Kier alpha value is -2.16. The van der Waals surface area contributed by atoms with Gasteiger partial charge in [0.1, 0.15) is 0 Å². The van der Waals surface area contributed by atoms with E-state index in [9.17, 15) is 4.79 Å². The number of hydrogen-bond acceptors (Lipinski definition) is 2. The van der Waals surface area contributed by atoms with Gasteiger partial charge in [-0.05, 0) is 48.3 Å². The molecular formula is C22H26N2O. The van der Waals surface area contributed by atoms with Crippen LogP contribution >= 0.6 is 0 Å². The van der Waals surface area contributed by atoms with Gasteiger partial charge in [-0.15, -0.1) is 0 Å². The second kappa shape index (κ2) is 7.38. The second-order valence-electron chi connectivity index (χ2n) is 7.50. The van der Waals surface area contributed by atoms with Crippen LogP contribution in [0.5, 0.6) is 0 Å². The molecular weight excluding hydrogens is 308 g/mol. The fourth-order valence-electron chi connectivity index (χ4n) is 4.86. The number of pyridine rings is 1. The smallest absolute Gasteiger partial charge is 0.220 e. The highest BCUT2D eigenvalue weighted by atomic mass is 16.1. The zero-order valence-corrected chi connectivity index (χ0v) is 14.6. The van der Waals surface area contributed by atoms with Crippen LogP contribution in [0.15, 0.2) is 54.9 Å². The maximum atomic E-state index is 12.5. The van der Waals surface area contributed by atoms with Crippen LogP contribution in [0.3, 0.4) is 0 Å². The number of aryl methyl sites for hydroxylation is 1. The van der Waals surface area contributed by atoms with Crippen molar-refractivity contribution in [1.29, 1.82) is 0 Å². The van der Waals surface area contributed by atoms with Crippen molar-refractivity contribution in [2.24, 2.45) is 11.8 Å². The van der Waals surface area contributed by atoms with E-state index in [1.165, 1.54) is 31.2 Å². The van der Waals surface area contributed by atoms with Gasteiger partial charge < -0.3 is 5.32 Å². The van der Waals surface area contributed by atoms with Crippen molar-refractivity contribution >= 4 is 5.91 Å². The molecule has 0 unspecified atom stereocenters. The van der Waals surface area contributed by atoms with E-state index in [1.807, 2.05) is 18.3 Å². The lowest BCUT2D eigenvalue weighted by atomic mass is 9.53. The van der Waals surface area contributed by atoms with Crippen LogP contribution in [-0.4, -0.2) is 16.9 Å². The Labute approximate surface area is 149 Å². The number of benzene rings is 1. The van der Waals surface area contributed by atoms with E-state index in [4.69, 9.17) is 0 Å². The Bertz CT molecular complexity index is 700. The molecule has 4 rings (SSSR count). The number of amides is 1. The van der Waals surface area contributed by atoms with Crippen molar-refractivity contribution in [2.45, 2.75) is 50.5 Å². The molecule has 4 atom stereocenters. The number of rotatable bonds is 5. The molecule has 2 saturated carbocycles. The third kappa shape index (κ3) is 3.46. The van der Waals surface area contributed by atoms with Crippen molar-refractivity contribution in [3.05, 3.63) is 66.0 Å². The minimum atomic E-state index is 0.179. The summed E-state index contributed by atoms with van der Waals surface area (Å²) in [4.78, 5) is 16.7. The summed E-state index contributed by atoms with van der Waals surface area (Å²) in [7, 11) is 0. The molecule has 25 heavy (non-hydrogen) atoms. The fraction of sp³-hybridized carbons (Fsp3) is 0.455. The lowest BCUT2D eigenvalue weighted by Crippen LogP contribution is -2.59. The first-order chi connectivity index (χ1) is 12.3. The summed E-state index contributed by atoms with van der Waals surface area (Å²) in [6.45, 7) is 0. The topological polar surface area (TPSA) is 42.0 Å². The highest BCUT2D eigenvalue weighted by Crippen LogP contribution is 2.54. The maximum absolute atomic E-state index is 12.5. The minimum absolute atomic E-state index is 0.179. The van der Waals surface area contributed by atoms with Gasteiger partial charge in [-0.1, -0.05) is 49.2 Å². The summed E-state index contributed by atoms with van der Waals surface area (Å²) in [5.74, 6) is 2.09. The molecule has 1 N–H and O–H groups in total. The predicted octanol–water partition coefficient (Wildman–Crippen LogP) is 4.10. The summed E-state index contributed by atoms with van der Waals surface area (Å²) in [5, 5.41) is 3.38. The highest BCUT2D eigenvalue weighted by Gasteiger charge is 2.51.